The minimum atomic E-state index is -6.72. The first-order valence-electron chi connectivity index (χ1n) is 9.61. The lowest BCUT2D eigenvalue weighted by atomic mass is 10.2. The van der Waals surface area contributed by atoms with Crippen LogP contribution in [0.5, 0.6) is 0 Å². The summed E-state index contributed by atoms with van der Waals surface area (Å²) in [5.41, 5.74) is -11.9. The topological polar surface area (TPSA) is 109 Å². The minimum Gasteiger partial charge on any atom is -0.462 e. The highest BCUT2D eigenvalue weighted by Crippen LogP contribution is 2.36. The molecule has 8 nitrogen and oxygen atoms in total. The van der Waals surface area contributed by atoms with E-state index in [0.717, 1.165) is 21.5 Å². The molecular weight excluding hydrogens is 506 g/mol. The minimum absolute atomic E-state index is 0.268. The van der Waals surface area contributed by atoms with Gasteiger partial charge in [-0.2, -0.15) is 26.3 Å². The zero-order chi connectivity index (χ0) is 26.7. The van der Waals surface area contributed by atoms with Crippen molar-refractivity contribution in [3.63, 3.8) is 0 Å². The third-order valence-corrected chi connectivity index (χ3v) is 6.59. The maximum absolute atomic E-state index is 11.4. The van der Waals surface area contributed by atoms with Crippen molar-refractivity contribution in [2.45, 2.75) is 57.0 Å². The maximum Gasteiger partial charge on any atom is 0.480 e. The van der Waals surface area contributed by atoms with E-state index >= 15 is 0 Å². The van der Waals surface area contributed by atoms with E-state index in [1.54, 1.807) is 6.92 Å². The van der Waals surface area contributed by atoms with Crippen LogP contribution in [0.25, 0.3) is 4.13 Å². The third-order valence-electron chi connectivity index (χ3n) is 3.85. The number of hydrogen-bond donors (Lipinski definition) is 0. The molecule has 0 spiro atoms. The molecule has 0 saturated carbocycles. The van der Waals surface area contributed by atoms with E-state index in [4.69, 9.17) is 4.74 Å². The summed E-state index contributed by atoms with van der Waals surface area (Å²) in [6.07, 6.45) is 5.80. The SMILES string of the molecule is C=C(C)C(=O)OCCCCCC[N+](C)(C)CCC.O=S(=O)([N-]S(=O)(=O)C(F)(F)F)C(F)(F)F. The highest BCUT2D eigenvalue weighted by molar-refractivity contribution is 8.13. The summed E-state index contributed by atoms with van der Waals surface area (Å²) < 4.78 is 115. The lowest BCUT2D eigenvalue weighted by Crippen LogP contribution is -2.40. The molecule has 0 aliphatic rings. The smallest absolute Gasteiger partial charge is 0.462 e. The van der Waals surface area contributed by atoms with Crippen LogP contribution in [0.4, 0.5) is 26.3 Å². The molecule has 0 N–H and O–H groups in total. The lowest BCUT2D eigenvalue weighted by Gasteiger charge is -2.29. The summed E-state index contributed by atoms with van der Waals surface area (Å²) in [6, 6.07) is 0. The first-order valence-corrected chi connectivity index (χ1v) is 12.5. The fraction of sp³-hybridized carbons (Fsp3) is 0.824. The summed E-state index contributed by atoms with van der Waals surface area (Å²) in [4.78, 5) is 11.1. The van der Waals surface area contributed by atoms with E-state index < -0.39 is 31.1 Å². The number of halogens is 6. The van der Waals surface area contributed by atoms with Crippen molar-refractivity contribution < 1.29 is 57.2 Å². The molecule has 0 amide bonds. The van der Waals surface area contributed by atoms with Crippen LogP contribution in [0.1, 0.15) is 46.0 Å². The highest BCUT2D eigenvalue weighted by Gasteiger charge is 2.46. The number of carbonyl (C=O) groups is 1. The van der Waals surface area contributed by atoms with E-state index in [9.17, 15) is 48.0 Å². The molecule has 0 heterocycles. The fourth-order valence-electron chi connectivity index (χ4n) is 2.21. The Balaban J connectivity index is 0. The Labute approximate surface area is 190 Å². The van der Waals surface area contributed by atoms with Crippen molar-refractivity contribution >= 4 is 26.0 Å². The quantitative estimate of drug-likeness (QED) is 0.122. The third kappa shape index (κ3) is 14.5. The van der Waals surface area contributed by atoms with Crippen LogP contribution < -0.4 is 0 Å². The Morgan fingerprint density at radius 3 is 1.67 bits per heavy atom. The van der Waals surface area contributed by atoms with Gasteiger partial charge in [0.15, 0.2) is 20.0 Å². The second-order valence-electron chi connectivity index (χ2n) is 7.63. The molecule has 0 atom stereocenters. The summed E-state index contributed by atoms with van der Waals surface area (Å²) in [6.45, 7) is 10.5. The number of carbonyl (C=O) groups excluding carboxylic acids is 1. The average molecular weight is 537 g/mol. The summed E-state index contributed by atoms with van der Waals surface area (Å²) in [5, 5.41) is 0. The Bertz CT molecular complexity index is 795. The van der Waals surface area contributed by atoms with Crippen molar-refractivity contribution in [1.29, 1.82) is 0 Å². The predicted molar refractivity (Wildman–Crippen MR) is 110 cm³/mol. The van der Waals surface area contributed by atoms with Crippen LogP contribution in [-0.4, -0.2) is 72.1 Å². The monoisotopic (exact) mass is 536 g/mol. The molecule has 198 valence electrons. The zero-order valence-electron chi connectivity index (χ0n) is 18.8. The maximum atomic E-state index is 11.4. The van der Waals surface area contributed by atoms with Gasteiger partial charge in [-0.3, -0.25) is 0 Å². The van der Waals surface area contributed by atoms with Gasteiger partial charge < -0.3 is 13.3 Å². The number of sulfonamides is 2. The van der Waals surface area contributed by atoms with E-state index in [0.29, 0.717) is 12.2 Å². The van der Waals surface area contributed by atoms with Crippen molar-refractivity contribution in [1.82, 2.24) is 0 Å². The Kier molecular flexibility index (Phi) is 13.8. The Hall–Kier alpha value is -1.39. The lowest BCUT2D eigenvalue weighted by molar-refractivity contribution is -0.890. The molecule has 0 fully saturated rings. The number of quaternary nitrogens is 1. The normalized spacial score (nSPS) is 13.2. The van der Waals surface area contributed by atoms with Crippen molar-refractivity contribution in [3.05, 3.63) is 16.3 Å². The Morgan fingerprint density at radius 2 is 1.30 bits per heavy atom. The first kappa shape index (κ1) is 33.8. The largest absolute Gasteiger partial charge is 0.480 e. The van der Waals surface area contributed by atoms with Crippen molar-refractivity contribution in [2.75, 3.05) is 33.8 Å². The van der Waals surface area contributed by atoms with Gasteiger partial charge in [0.1, 0.15) is 0 Å². The second-order valence-corrected chi connectivity index (χ2v) is 11.1. The molecule has 33 heavy (non-hydrogen) atoms. The van der Waals surface area contributed by atoms with Crippen molar-refractivity contribution in [3.8, 4) is 0 Å². The molecule has 0 aliphatic heterocycles. The molecule has 0 saturated heterocycles. The number of rotatable bonds is 12. The van der Waals surface area contributed by atoms with Gasteiger partial charge in [-0.25, -0.2) is 21.6 Å². The van der Waals surface area contributed by atoms with Crippen molar-refractivity contribution in [2.24, 2.45) is 0 Å². The summed E-state index contributed by atoms with van der Waals surface area (Å²) in [7, 11) is -8.86. The van der Waals surface area contributed by atoms with Gasteiger partial charge in [-0.05, 0) is 39.0 Å². The van der Waals surface area contributed by atoms with E-state index in [-0.39, 0.29) is 5.97 Å². The predicted octanol–water partition coefficient (Wildman–Crippen LogP) is 4.21. The van der Waals surface area contributed by atoms with Crippen LogP contribution in [0, 0.1) is 0 Å². The van der Waals surface area contributed by atoms with Crippen LogP contribution in [-0.2, 0) is 29.6 Å². The van der Waals surface area contributed by atoms with E-state index in [1.165, 1.54) is 32.4 Å². The molecule has 0 aromatic rings. The van der Waals surface area contributed by atoms with Gasteiger partial charge in [0.2, 0.25) is 0 Å². The van der Waals surface area contributed by atoms with Crippen LogP contribution >= 0.6 is 0 Å². The standard InChI is InChI=1S/C15H30NO2.C2F6NO4S2/c1-6-11-16(4,5)12-9-7-8-10-13-18-15(17)14(2)3;3-1(4,5)14(10,11)9-15(12,13)2(6,7)8/h2,6-13H2,1,3-5H3;/q+1;-1. The van der Waals surface area contributed by atoms with Crippen LogP contribution in [0.15, 0.2) is 12.2 Å². The number of hydrogen-bond acceptors (Lipinski definition) is 6. The van der Waals surface area contributed by atoms with Gasteiger partial charge >= 0.3 is 17.0 Å². The molecule has 16 heteroatoms. The van der Waals surface area contributed by atoms with Gasteiger partial charge in [0, 0.05) is 5.57 Å². The molecule has 0 rings (SSSR count). The Morgan fingerprint density at radius 1 is 0.879 bits per heavy atom. The number of esters is 1. The van der Waals surface area contributed by atoms with E-state index in [2.05, 4.69) is 27.6 Å². The number of ether oxygens (including phenoxy) is 1. The number of alkyl halides is 6. The summed E-state index contributed by atoms with van der Waals surface area (Å²) in [5.74, 6) is -0.268. The molecule has 0 radical (unpaired) electrons. The van der Waals surface area contributed by atoms with Crippen LogP contribution in [0.2, 0.25) is 0 Å². The molecule has 0 aromatic carbocycles. The molecule has 0 bridgehead atoms. The highest BCUT2D eigenvalue weighted by atomic mass is 32.3. The fourth-order valence-corrected chi connectivity index (χ4v) is 3.92. The van der Waals surface area contributed by atoms with Gasteiger partial charge in [0.25, 0.3) is 0 Å². The van der Waals surface area contributed by atoms with Crippen LogP contribution in [0.3, 0.4) is 0 Å². The van der Waals surface area contributed by atoms with Gasteiger partial charge in [-0.15, -0.1) is 0 Å². The second kappa shape index (κ2) is 13.5. The average Bonchev–Trinajstić information content (AvgIpc) is 2.58. The molecule has 0 aliphatic carbocycles. The summed E-state index contributed by atoms with van der Waals surface area (Å²) >= 11 is 0. The molecule has 0 aromatic heterocycles. The number of unbranched alkanes of at least 4 members (excludes halogenated alkanes) is 3. The zero-order valence-corrected chi connectivity index (χ0v) is 20.4. The first-order chi connectivity index (χ1) is 14.6. The molecular formula is C17H30F6N2O6S2. The number of nitrogens with zero attached hydrogens (tertiary/aromatic N) is 2. The van der Waals surface area contributed by atoms with E-state index in [1.807, 2.05) is 0 Å². The van der Waals surface area contributed by atoms with Gasteiger partial charge in [0.05, 0.1) is 33.8 Å². The van der Waals surface area contributed by atoms with Gasteiger partial charge in [-0.1, -0.05) is 13.5 Å². The molecule has 0 unspecified atom stereocenters.